The summed E-state index contributed by atoms with van der Waals surface area (Å²) in [6, 6.07) is 28.6. The number of rotatable bonds is 15. The highest BCUT2D eigenvalue weighted by Gasteiger charge is 2.20. The summed E-state index contributed by atoms with van der Waals surface area (Å²) in [6.45, 7) is 2.37. The zero-order valence-corrected chi connectivity index (χ0v) is 26.5. The van der Waals surface area contributed by atoms with Gasteiger partial charge in [0.15, 0.2) is 0 Å². The van der Waals surface area contributed by atoms with E-state index in [4.69, 9.17) is 30.8 Å². The lowest BCUT2D eigenvalue weighted by atomic mass is 9.99. The number of hydrogen-bond acceptors (Lipinski definition) is 8. The van der Waals surface area contributed by atoms with Crippen LogP contribution in [-0.2, 0) is 9.53 Å². The number of methoxy groups -OCH3 is 1. The Morgan fingerprint density at radius 3 is 2.40 bits per heavy atom. The standard InChI is InChI=1S/C34H33ClN2O4S2/c1-3-4-18-42-22-29(21-40-28-16-12-26(35)13-17-28)41-33(38)23-43-34-31(20-36)30(24-8-6-5-7-9-24)19-32(37-34)25-10-14-27(39-2)15-11-25/h5-17,19,29H,3-4,18,21-23H2,1-2H3. The molecule has 9 heteroatoms. The highest BCUT2D eigenvalue weighted by Crippen LogP contribution is 2.34. The van der Waals surface area contributed by atoms with Crippen molar-refractivity contribution < 1.29 is 19.0 Å². The molecule has 0 N–H and O–H groups in total. The van der Waals surface area contributed by atoms with Crippen LogP contribution in [0.3, 0.4) is 0 Å². The lowest BCUT2D eigenvalue weighted by Gasteiger charge is -2.19. The molecule has 4 rings (SSSR count). The number of ether oxygens (including phenoxy) is 3. The van der Waals surface area contributed by atoms with Crippen LogP contribution in [-0.4, -0.2) is 48.0 Å². The summed E-state index contributed by atoms with van der Waals surface area (Å²) in [5, 5.41) is 11.3. The first kappa shape index (κ1) is 32.3. The molecule has 0 aliphatic heterocycles. The van der Waals surface area contributed by atoms with E-state index in [1.54, 1.807) is 43.1 Å². The van der Waals surface area contributed by atoms with Crippen molar-refractivity contribution in [2.45, 2.75) is 30.9 Å². The minimum atomic E-state index is -0.431. The molecule has 222 valence electrons. The number of unbranched alkanes of at least 4 members (excludes halogenated alkanes) is 1. The summed E-state index contributed by atoms with van der Waals surface area (Å²) < 4.78 is 17.1. The Kier molecular flexibility index (Phi) is 12.7. The molecule has 3 aromatic carbocycles. The van der Waals surface area contributed by atoms with E-state index in [1.807, 2.05) is 60.7 Å². The number of hydrogen-bond donors (Lipinski definition) is 0. The summed E-state index contributed by atoms with van der Waals surface area (Å²) in [4.78, 5) is 17.9. The van der Waals surface area contributed by atoms with Gasteiger partial charge >= 0.3 is 5.97 Å². The van der Waals surface area contributed by atoms with Gasteiger partial charge in [0.2, 0.25) is 0 Å². The van der Waals surface area contributed by atoms with E-state index in [0.29, 0.717) is 32.8 Å². The molecule has 0 amide bonds. The molecule has 43 heavy (non-hydrogen) atoms. The predicted molar refractivity (Wildman–Crippen MR) is 176 cm³/mol. The van der Waals surface area contributed by atoms with Gasteiger partial charge in [0, 0.05) is 21.9 Å². The van der Waals surface area contributed by atoms with Crippen molar-refractivity contribution in [2.75, 3.05) is 31.0 Å². The van der Waals surface area contributed by atoms with Crippen LogP contribution in [0.25, 0.3) is 22.4 Å². The third-order valence-electron chi connectivity index (χ3n) is 6.39. The predicted octanol–water partition coefficient (Wildman–Crippen LogP) is 8.57. The Labute approximate surface area is 266 Å². The molecule has 0 radical (unpaired) electrons. The highest BCUT2D eigenvalue weighted by molar-refractivity contribution is 8.00. The molecule has 1 unspecified atom stereocenters. The van der Waals surface area contributed by atoms with Crippen molar-refractivity contribution in [1.82, 2.24) is 4.98 Å². The molecule has 4 aromatic rings. The van der Waals surface area contributed by atoms with E-state index in [2.05, 4.69) is 13.0 Å². The maximum absolute atomic E-state index is 13.1. The molecule has 0 aliphatic carbocycles. The fraction of sp³-hybridized carbons (Fsp3) is 0.265. The summed E-state index contributed by atoms with van der Waals surface area (Å²) >= 11 is 8.93. The smallest absolute Gasteiger partial charge is 0.316 e. The highest BCUT2D eigenvalue weighted by atomic mass is 35.5. The van der Waals surface area contributed by atoms with Gasteiger partial charge in [-0.25, -0.2) is 4.98 Å². The lowest BCUT2D eigenvalue weighted by Crippen LogP contribution is -2.28. The maximum atomic E-state index is 13.1. The van der Waals surface area contributed by atoms with E-state index in [-0.39, 0.29) is 12.4 Å². The second kappa shape index (κ2) is 16.9. The molecule has 1 heterocycles. The van der Waals surface area contributed by atoms with Crippen LogP contribution < -0.4 is 9.47 Å². The second-order valence-electron chi connectivity index (χ2n) is 9.54. The van der Waals surface area contributed by atoms with Gasteiger partial charge in [0.05, 0.1) is 24.1 Å². The number of benzene rings is 3. The van der Waals surface area contributed by atoms with Crippen molar-refractivity contribution in [3.63, 3.8) is 0 Å². The minimum Gasteiger partial charge on any atom is -0.497 e. The summed E-state index contributed by atoms with van der Waals surface area (Å²) in [7, 11) is 1.62. The van der Waals surface area contributed by atoms with Crippen LogP contribution in [0.15, 0.2) is 90.0 Å². The molecule has 0 saturated carbocycles. The second-order valence-corrected chi connectivity index (χ2v) is 12.1. The van der Waals surface area contributed by atoms with E-state index in [0.717, 1.165) is 41.0 Å². The zero-order chi connectivity index (χ0) is 30.4. The van der Waals surface area contributed by atoms with Crippen LogP contribution in [0, 0.1) is 11.3 Å². The maximum Gasteiger partial charge on any atom is 0.316 e. The van der Waals surface area contributed by atoms with Gasteiger partial charge in [-0.2, -0.15) is 17.0 Å². The summed E-state index contributed by atoms with van der Waals surface area (Å²) in [6.07, 6.45) is 1.76. The van der Waals surface area contributed by atoms with Crippen molar-refractivity contribution in [3.05, 3.63) is 95.5 Å². The van der Waals surface area contributed by atoms with Crippen LogP contribution in [0.5, 0.6) is 11.5 Å². The molecular formula is C34H33ClN2O4S2. The first-order valence-electron chi connectivity index (χ1n) is 13.9. The van der Waals surface area contributed by atoms with E-state index >= 15 is 0 Å². The van der Waals surface area contributed by atoms with Crippen LogP contribution in [0.2, 0.25) is 5.02 Å². The average Bonchev–Trinajstić information content (AvgIpc) is 3.05. The van der Waals surface area contributed by atoms with Crippen molar-refractivity contribution >= 4 is 41.1 Å². The van der Waals surface area contributed by atoms with Gasteiger partial charge in [0.1, 0.15) is 35.3 Å². The fourth-order valence-electron chi connectivity index (χ4n) is 4.13. The topological polar surface area (TPSA) is 81.4 Å². The Balaban J connectivity index is 1.52. The van der Waals surface area contributed by atoms with Crippen LogP contribution >= 0.6 is 35.1 Å². The Morgan fingerprint density at radius 1 is 1.00 bits per heavy atom. The lowest BCUT2D eigenvalue weighted by molar-refractivity contribution is -0.145. The number of carbonyl (C=O) groups is 1. The largest absolute Gasteiger partial charge is 0.497 e. The molecule has 0 bridgehead atoms. The SMILES string of the molecule is CCCCSCC(COc1ccc(Cl)cc1)OC(=O)CSc1nc(-c2ccc(OC)cc2)cc(-c2ccccc2)c1C#N. The normalized spacial score (nSPS) is 11.4. The Bertz CT molecular complexity index is 1510. The molecule has 1 aromatic heterocycles. The molecule has 0 spiro atoms. The van der Waals surface area contributed by atoms with Gasteiger partial charge in [-0.3, -0.25) is 4.79 Å². The number of nitriles is 1. The van der Waals surface area contributed by atoms with E-state index < -0.39 is 12.1 Å². The number of nitrogens with zero attached hydrogens (tertiary/aromatic N) is 2. The van der Waals surface area contributed by atoms with Crippen molar-refractivity contribution in [1.29, 1.82) is 5.26 Å². The molecule has 0 fully saturated rings. The number of thioether (sulfide) groups is 2. The van der Waals surface area contributed by atoms with Gasteiger partial charge in [0.25, 0.3) is 0 Å². The quantitative estimate of drug-likeness (QED) is 0.0732. The molecule has 0 aliphatic rings. The first-order chi connectivity index (χ1) is 21.0. The molecular weight excluding hydrogens is 600 g/mol. The number of halogens is 1. The van der Waals surface area contributed by atoms with Gasteiger partial charge in [-0.15, -0.1) is 0 Å². The third kappa shape index (κ3) is 9.69. The van der Waals surface area contributed by atoms with Crippen molar-refractivity contribution in [2.24, 2.45) is 0 Å². The van der Waals surface area contributed by atoms with E-state index in [9.17, 15) is 10.1 Å². The molecule has 0 saturated heterocycles. The Hall–Kier alpha value is -3.64. The molecule has 1 atom stereocenters. The van der Waals surface area contributed by atoms with Gasteiger partial charge in [-0.05, 0) is 72.3 Å². The number of pyridine rings is 1. The third-order valence-corrected chi connectivity index (χ3v) is 8.77. The van der Waals surface area contributed by atoms with Crippen LogP contribution in [0.1, 0.15) is 25.3 Å². The number of esters is 1. The van der Waals surface area contributed by atoms with Gasteiger partial charge < -0.3 is 14.2 Å². The van der Waals surface area contributed by atoms with Gasteiger partial charge in [-0.1, -0.05) is 67.0 Å². The van der Waals surface area contributed by atoms with Crippen LogP contribution in [0.4, 0.5) is 0 Å². The monoisotopic (exact) mass is 632 g/mol. The minimum absolute atomic E-state index is 0.000945. The number of aromatic nitrogens is 1. The van der Waals surface area contributed by atoms with E-state index in [1.165, 1.54) is 11.8 Å². The molecule has 6 nitrogen and oxygen atoms in total. The fourth-order valence-corrected chi connectivity index (χ4v) is 6.13. The Morgan fingerprint density at radius 2 is 1.72 bits per heavy atom. The average molecular weight is 633 g/mol. The number of carbonyl (C=O) groups excluding carboxylic acids is 1. The summed E-state index contributed by atoms with van der Waals surface area (Å²) in [5.41, 5.74) is 3.62. The zero-order valence-electron chi connectivity index (χ0n) is 24.1. The first-order valence-corrected chi connectivity index (χ1v) is 16.5. The van der Waals surface area contributed by atoms with Crippen molar-refractivity contribution in [3.8, 4) is 40.0 Å². The summed E-state index contributed by atoms with van der Waals surface area (Å²) in [5.74, 6) is 2.60.